The minimum atomic E-state index is -0.0630. The lowest BCUT2D eigenvalue weighted by Crippen LogP contribution is -2.47. The van der Waals surface area contributed by atoms with Crippen molar-refractivity contribution in [2.24, 2.45) is 0 Å². The minimum absolute atomic E-state index is 0.0630. The van der Waals surface area contributed by atoms with Gasteiger partial charge in [-0.1, -0.05) is 12.1 Å². The van der Waals surface area contributed by atoms with Crippen LogP contribution < -0.4 is 10.2 Å². The third kappa shape index (κ3) is 3.99. The minimum Gasteiger partial charge on any atom is -0.375 e. The molecule has 2 saturated heterocycles. The summed E-state index contributed by atoms with van der Waals surface area (Å²) >= 11 is 0. The molecule has 2 heterocycles. The number of hydrogen-bond donors (Lipinski definition) is 1. The van der Waals surface area contributed by atoms with Gasteiger partial charge in [0.05, 0.1) is 36.3 Å². The van der Waals surface area contributed by atoms with Crippen molar-refractivity contribution in [3.05, 3.63) is 24.3 Å². The predicted molar refractivity (Wildman–Crippen MR) is 94.7 cm³/mol. The lowest BCUT2D eigenvalue weighted by atomic mass is 10.1. The number of nitrogens with one attached hydrogen (secondary N) is 1. The third-order valence-electron chi connectivity index (χ3n) is 4.43. The highest BCUT2D eigenvalue weighted by atomic mass is 16.5. The van der Waals surface area contributed by atoms with Gasteiger partial charge in [-0.2, -0.15) is 0 Å². The number of hydrogen-bond acceptors (Lipinski definition) is 4. The number of benzene rings is 1. The Morgan fingerprint density at radius 1 is 1.08 bits per heavy atom. The zero-order valence-electron chi connectivity index (χ0n) is 14.7. The molecule has 0 bridgehead atoms. The van der Waals surface area contributed by atoms with E-state index in [0.29, 0.717) is 19.7 Å². The van der Waals surface area contributed by atoms with Gasteiger partial charge in [0, 0.05) is 26.2 Å². The zero-order valence-corrected chi connectivity index (χ0v) is 14.7. The van der Waals surface area contributed by atoms with Crippen LogP contribution in [0.5, 0.6) is 0 Å². The standard InChI is InChI=1S/C18H27N3O3/c1-13-10-20(8-9-23-13)18(22)19-16-6-4-5-7-17(16)21-11-14(2)24-15(3)12-21/h4-7,13-15H,8-12H2,1-3H3,(H,19,22)/t13-,14-,15+/m0/s1. The Bertz CT molecular complexity index is 570. The zero-order chi connectivity index (χ0) is 17.1. The predicted octanol–water partition coefficient (Wildman–Crippen LogP) is 2.55. The van der Waals surface area contributed by atoms with Gasteiger partial charge in [-0.05, 0) is 32.9 Å². The van der Waals surface area contributed by atoms with Crippen molar-refractivity contribution in [3.8, 4) is 0 Å². The van der Waals surface area contributed by atoms with E-state index in [9.17, 15) is 4.79 Å². The Labute approximate surface area is 143 Å². The summed E-state index contributed by atoms with van der Waals surface area (Å²) in [5.74, 6) is 0. The van der Waals surface area contributed by atoms with Crippen molar-refractivity contribution in [1.29, 1.82) is 0 Å². The van der Waals surface area contributed by atoms with Crippen molar-refractivity contribution in [2.75, 3.05) is 43.0 Å². The Balaban J connectivity index is 1.73. The van der Waals surface area contributed by atoms with E-state index < -0.39 is 0 Å². The molecule has 2 aliphatic rings. The van der Waals surface area contributed by atoms with Crippen LogP contribution in [0.3, 0.4) is 0 Å². The normalized spacial score (nSPS) is 27.9. The number of anilines is 2. The van der Waals surface area contributed by atoms with Gasteiger partial charge in [0.2, 0.25) is 0 Å². The van der Waals surface area contributed by atoms with Gasteiger partial charge >= 0.3 is 6.03 Å². The fraction of sp³-hybridized carbons (Fsp3) is 0.611. The molecule has 3 atom stereocenters. The molecule has 0 unspecified atom stereocenters. The maximum atomic E-state index is 12.6. The van der Waals surface area contributed by atoms with Crippen LogP contribution in [0.4, 0.5) is 16.2 Å². The van der Waals surface area contributed by atoms with Gasteiger partial charge in [-0.15, -0.1) is 0 Å². The lowest BCUT2D eigenvalue weighted by Gasteiger charge is -2.38. The van der Waals surface area contributed by atoms with E-state index in [1.807, 2.05) is 30.0 Å². The molecule has 0 radical (unpaired) electrons. The van der Waals surface area contributed by atoms with Gasteiger partial charge in [-0.3, -0.25) is 0 Å². The molecular weight excluding hydrogens is 306 g/mol. The molecule has 3 rings (SSSR count). The van der Waals surface area contributed by atoms with Crippen LogP contribution in [0.15, 0.2) is 24.3 Å². The van der Waals surface area contributed by atoms with E-state index in [1.54, 1.807) is 0 Å². The second-order valence-corrected chi connectivity index (χ2v) is 6.74. The highest BCUT2D eigenvalue weighted by Gasteiger charge is 2.26. The van der Waals surface area contributed by atoms with Gasteiger partial charge in [0.15, 0.2) is 0 Å². The highest BCUT2D eigenvalue weighted by Crippen LogP contribution is 2.28. The first-order valence-electron chi connectivity index (χ1n) is 8.70. The van der Waals surface area contributed by atoms with Crippen molar-refractivity contribution < 1.29 is 14.3 Å². The highest BCUT2D eigenvalue weighted by molar-refractivity contribution is 5.93. The van der Waals surface area contributed by atoms with Crippen LogP contribution in [0.1, 0.15) is 20.8 Å². The van der Waals surface area contributed by atoms with Crippen LogP contribution in [-0.2, 0) is 9.47 Å². The second-order valence-electron chi connectivity index (χ2n) is 6.74. The van der Waals surface area contributed by atoms with Crippen LogP contribution in [0.2, 0.25) is 0 Å². The molecule has 2 aliphatic heterocycles. The summed E-state index contributed by atoms with van der Waals surface area (Å²) in [5, 5.41) is 3.08. The quantitative estimate of drug-likeness (QED) is 0.904. The molecule has 132 valence electrons. The number of carbonyl (C=O) groups excluding carboxylic acids is 1. The molecule has 1 aromatic rings. The fourth-order valence-electron chi connectivity index (χ4n) is 3.43. The first-order valence-corrected chi connectivity index (χ1v) is 8.70. The number of urea groups is 1. The molecule has 6 nitrogen and oxygen atoms in total. The lowest BCUT2D eigenvalue weighted by molar-refractivity contribution is -0.00521. The monoisotopic (exact) mass is 333 g/mol. The van der Waals surface area contributed by atoms with Crippen molar-refractivity contribution >= 4 is 17.4 Å². The van der Waals surface area contributed by atoms with E-state index in [1.165, 1.54) is 0 Å². The number of ether oxygens (including phenoxy) is 2. The van der Waals surface area contributed by atoms with Gasteiger partial charge < -0.3 is 24.6 Å². The molecule has 24 heavy (non-hydrogen) atoms. The first-order chi connectivity index (χ1) is 11.5. The summed E-state index contributed by atoms with van der Waals surface area (Å²) < 4.78 is 11.3. The first kappa shape index (κ1) is 17.0. The Morgan fingerprint density at radius 2 is 1.79 bits per heavy atom. The van der Waals surface area contributed by atoms with Gasteiger partial charge in [-0.25, -0.2) is 4.79 Å². The molecule has 0 aliphatic carbocycles. The number of morpholine rings is 2. The average molecular weight is 333 g/mol. The third-order valence-corrected chi connectivity index (χ3v) is 4.43. The van der Waals surface area contributed by atoms with E-state index >= 15 is 0 Å². The number of amides is 2. The Morgan fingerprint density at radius 3 is 2.50 bits per heavy atom. The van der Waals surface area contributed by atoms with Crippen LogP contribution >= 0.6 is 0 Å². The molecule has 0 spiro atoms. The molecule has 0 aromatic heterocycles. The Kier molecular flexibility index (Phi) is 5.26. The summed E-state index contributed by atoms with van der Waals surface area (Å²) in [7, 11) is 0. The number of rotatable bonds is 2. The number of para-hydroxylation sites is 2. The molecular formula is C18H27N3O3. The van der Waals surface area contributed by atoms with Crippen molar-refractivity contribution in [3.63, 3.8) is 0 Å². The molecule has 2 fully saturated rings. The van der Waals surface area contributed by atoms with Gasteiger partial charge in [0.25, 0.3) is 0 Å². The number of carbonyl (C=O) groups is 1. The molecule has 1 N–H and O–H groups in total. The SMILES string of the molecule is C[C@@H]1CN(c2ccccc2NC(=O)N2CCO[C@@H](C)C2)C[C@H](C)O1. The van der Waals surface area contributed by atoms with Crippen LogP contribution in [0, 0.1) is 0 Å². The van der Waals surface area contributed by atoms with Gasteiger partial charge in [0.1, 0.15) is 0 Å². The van der Waals surface area contributed by atoms with Crippen LogP contribution in [-0.4, -0.2) is 62.0 Å². The van der Waals surface area contributed by atoms with E-state index in [2.05, 4.69) is 30.1 Å². The summed E-state index contributed by atoms with van der Waals surface area (Å²) in [4.78, 5) is 16.7. The molecule has 2 amide bonds. The van der Waals surface area contributed by atoms with E-state index in [-0.39, 0.29) is 24.3 Å². The van der Waals surface area contributed by atoms with Crippen LogP contribution in [0.25, 0.3) is 0 Å². The maximum Gasteiger partial charge on any atom is 0.322 e. The summed E-state index contributed by atoms with van der Waals surface area (Å²) in [6.07, 6.45) is 0.441. The maximum absolute atomic E-state index is 12.6. The smallest absolute Gasteiger partial charge is 0.322 e. The fourth-order valence-corrected chi connectivity index (χ4v) is 3.43. The summed E-state index contributed by atoms with van der Waals surface area (Å²) in [5.41, 5.74) is 1.90. The second kappa shape index (κ2) is 7.40. The van der Waals surface area contributed by atoms with E-state index in [0.717, 1.165) is 24.5 Å². The summed E-state index contributed by atoms with van der Waals surface area (Å²) in [6.45, 7) is 9.65. The molecule has 0 saturated carbocycles. The topological polar surface area (TPSA) is 54.0 Å². The van der Waals surface area contributed by atoms with Crippen molar-refractivity contribution in [2.45, 2.75) is 39.1 Å². The Hall–Kier alpha value is -1.79. The summed E-state index contributed by atoms with van der Waals surface area (Å²) in [6, 6.07) is 7.91. The average Bonchev–Trinajstić information content (AvgIpc) is 2.54. The largest absolute Gasteiger partial charge is 0.375 e. The molecule has 6 heteroatoms. The van der Waals surface area contributed by atoms with Crippen molar-refractivity contribution in [1.82, 2.24) is 4.90 Å². The van der Waals surface area contributed by atoms with E-state index in [4.69, 9.17) is 9.47 Å². The number of nitrogens with zero attached hydrogens (tertiary/aromatic N) is 2. The molecule has 1 aromatic carbocycles.